The van der Waals surface area contributed by atoms with Crippen LogP contribution in [0.25, 0.3) is 0 Å². The third kappa shape index (κ3) is 3.74. The van der Waals surface area contributed by atoms with E-state index in [1.54, 1.807) is 0 Å². The molecule has 1 amide bonds. The monoisotopic (exact) mass is 350 g/mol. The van der Waals surface area contributed by atoms with Crippen LogP contribution in [0.2, 0.25) is 10.3 Å². The van der Waals surface area contributed by atoms with E-state index in [2.05, 4.69) is 15.3 Å². The van der Waals surface area contributed by atoms with Crippen molar-refractivity contribution in [3.63, 3.8) is 0 Å². The van der Waals surface area contributed by atoms with Crippen molar-refractivity contribution < 1.29 is 4.79 Å². The van der Waals surface area contributed by atoms with Crippen molar-refractivity contribution in [3.05, 3.63) is 52.4 Å². The number of likely N-dealkylation sites (tertiary alicyclic amines) is 1. The molecule has 23 heavy (non-hydrogen) atoms. The van der Waals surface area contributed by atoms with Gasteiger partial charge in [-0.25, -0.2) is 4.98 Å². The van der Waals surface area contributed by atoms with Gasteiger partial charge in [0.05, 0.1) is 6.20 Å². The Morgan fingerprint density at radius 3 is 2.57 bits per heavy atom. The van der Waals surface area contributed by atoms with Gasteiger partial charge in [0.2, 0.25) is 11.2 Å². The lowest BCUT2D eigenvalue weighted by Gasteiger charge is -2.25. The normalized spacial score (nSPS) is 15.5. The minimum Gasteiger partial charge on any atom is -0.353 e. The summed E-state index contributed by atoms with van der Waals surface area (Å²) in [6.07, 6.45) is 3.49. The molecule has 1 aliphatic heterocycles. The summed E-state index contributed by atoms with van der Waals surface area (Å²) in [5.74, 6) is 0.368. The zero-order valence-corrected chi connectivity index (χ0v) is 13.9. The third-order valence-corrected chi connectivity index (χ3v) is 4.25. The van der Waals surface area contributed by atoms with Crippen LogP contribution in [-0.2, 0) is 4.79 Å². The summed E-state index contributed by atoms with van der Waals surface area (Å²) in [4.78, 5) is 22.7. The van der Waals surface area contributed by atoms with Crippen LogP contribution in [0.1, 0.15) is 24.4 Å². The Morgan fingerprint density at radius 1 is 1.17 bits per heavy atom. The number of rotatable bonds is 4. The molecule has 0 bridgehead atoms. The topological polar surface area (TPSA) is 58.1 Å². The summed E-state index contributed by atoms with van der Waals surface area (Å²) in [7, 11) is 0. The van der Waals surface area contributed by atoms with E-state index in [1.807, 2.05) is 35.2 Å². The van der Waals surface area contributed by atoms with Gasteiger partial charge in [-0.1, -0.05) is 41.9 Å². The Labute approximate surface area is 144 Å². The Hall–Kier alpha value is -1.85. The highest BCUT2D eigenvalue weighted by Gasteiger charge is 2.28. The number of aromatic nitrogens is 2. The van der Waals surface area contributed by atoms with Gasteiger partial charge in [-0.2, -0.15) is 4.98 Å². The first kappa shape index (κ1) is 16.0. The zero-order chi connectivity index (χ0) is 16.2. The molecule has 5 nitrogen and oxygen atoms in total. The van der Waals surface area contributed by atoms with Crippen molar-refractivity contribution in [2.75, 3.05) is 18.4 Å². The number of carbonyl (C=O) groups is 1. The summed E-state index contributed by atoms with van der Waals surface area (Å²) in [6, 6.07) is 8.96. The van der Waals surface area contributed by atoms with Crippen LogP contribution < -0.4 is 5.32 Å². The highest BCUT2D eigenvalue weighted by molar-refractivity contribution is 6.33. The van der Waals surface area contributed by atoms with Crippen molar-refractivity contribution in [3.8, 4) is 0 Å². The number of anilines is 1. The number of amides is 1. The van der Waals surface area contributed by atoms with Crippen LogP contribution in [0, 0.1) is 0 Å². The van der Waals surface area contributed by atoms with E-state index >= 15 is 0 Å². The van der Waals surface area contributed by atoms with Crippen molar-refractivity contribution in [1.29, 1.82) is 0 Å². The molecule has 2 aromatic rings. The van der Waals surface area contributed by atoms with Gasteiger partial charge in [0, 0.05) is 13.1 Å². The van der Waals surface area contributed by atoms with Crippen molar-refractivity contribution in [2.45, 2.75) is 18.9 Å². The SMILES string of the molecule is O=C([C@@H](Nc1nc(Cl)ncc1Cl)c1ccccc1)N1CCCC1. The second kappa shape index (κ2) is 7.15. The molecule has 0 unspecified atom stereocenters. The van der Waals surface area contributed by atoms with Gasteiger partial charge in [0.15, 0.2) is 5.82 Å². The molecule has 1 saturated heterocycles. The molecule has 120 valence electrons. The van der Waals surface area contributed by atoms with E-state index < -0.39 is 6.04 Å². The quantitative estimate of drug-likeness (QED) is 0.856. The van der Waals surface area contributed by atoms with Gasteiger partial charge in [-0.05, 0) is 30.0 Å². The molecule has 7 heteroatoms. The van der Waals surface area contributed by atoms with Gasteiger partial charge in [-0.3, -0.25) is 4.79 Å². The second-order valence-corrected chi connectivity index (χ2v) is 6.10. The number of nitrogens with one attached hydrogen (secondary N) is 1. The maximum atomic E-state index is 12.9. The molecule has 1 aromatic carbocycles. The molecular formula is C16H16Cl2N4O. The first-order valence-electron chi connectivity index (χ1n) is 7.43. The zero-order valence-electron chi connectivity index (χ0n) is 12.4. The Kier molecular flexibility index (Phi) is 4.98. The largest absolute Gasteiger partial charge is 0.353 e. The van der Waals surface area contributed by atoms with Crippen LogP contribution in [-0.4, -0.2) is 33.9 Å². The van der Waals surface area contributed by atoms with Crippen LogP contribution >= 0.6 is 23.2 Å². The Bertz CT molecular complexity index is 690. The summed E-state index contributed by atoms with van der Waals surface area (Å²) in [5.41, 5.74) is 0.857. The summed E-state index contributed by atoms with van der Waals surface area (Å²) >= 11 is 12.0. The highest BCUT2D eigenvalue weighted by atomic mass is 35.5. The summed E-state index contributed by atoms with van der Waals surface area (Å²) < 4.78 is 0. The van der Waals surface area contributed by atoms with E-state index in [9.17, 15) is 4.79 Å². The highest BCUT2D eigenvalue weighted by Crippen LogP contribution is 2.27. The van der Waals surface area contributed by atoms with Gasteiger partial charge in [0.1, 0.15) is 11.1 Å². The van der Waals surface area contributed by atoms with Crippen LogP contribution in [0.15, 0.2) is 36.5 Å². The summed E-state index contributed by atoms with van der Waals surface area (Å²) in [6.45, 7) is 1.56. The Morgan fingerprint density at radius 2 is 1.87 bits per heavy atom. The molecule has 3 rings (SSSR count). The molecule has 1 aliphatic rings. The van der Waals surface area contributed by atoms with E-state index in [0.29, 0.717) is 10.8 Å². The molecule has 0 saturated carbocycles. The maximum absolute atomic E-state index is 12.9. The van der Waals surface area contributed by atoms with Crippen molar-refractivity contribution >= 4 is 34.9 Å². The molecule has 1 fully saturated rings. The number of carbonyl (C=O) groups excluding carboxylic acids is 1. The van der Waals surface area contributed by atoms with E-state index in [0.717, 1.165) is 31.5 Å². The van der Waals surface area contributed by atoms with Crippen LogP contribution in [0.3, 0.4) is 0 Å². The van der Waals surface area contributed by atoms with Crippen LogP contribution in [0.4, 0.5) is 5.82 Å². The number of benzene rings is 1. The minimum absolute atomic E-state index is 0.0134. The lowest BCUT2D eigenvalue weighted by Crippen LogP contribution is -2.36. The van der Waals surface area contributed by atoms with Gasteiger partial charge in [-0.15, -0.1) is 0 Å². The van der Waals surface area contributed by atoms with Gasteiger partial charge >= 0.3 is 0 Å². The lowest BCUT2D eigenvalue weighted by molar-refractivity contribution is -0.131. The van der Waals surface area contributed by atoms with E-state index in [1.165, 1.54) is 6.20 Å². The standard InChI is InChI=1S/C16H16Cl2N4O/c17-12-10-19-16(18)21-14(12)20-13(11-6-2-1-3-7-11)15(23)22-8-4-5-9-22/h1-3,6-7,10,13H,4-5,8-9H2,(H,19,20,21)/t13-/m0/s1. The number of halogens is 2. The van der Waals surface area contributed by atoms with Gasteiger partial charge < -0.3 is 10.2 Å². The molecule has 0 aliphatic carbocycles. The fourth-order valence-electron chi connectivity index (χ4n) is 2.64. The first-order valence-corrected chi connectivity index (χ1v) is 8.19. The lowest BCUT2D eigenvalue weighted by atomic mass is 10.1. The predicted octanol–water partition coefficient (Wildman–Crippen LogP) is 3.56. The molecule has 2 heterocycles. The van der Waals surface area contributed by atoms with Crippen molar-refractivity contribution in [1.82, 2.24) is 14.9 Å². The molecule has 1 N–H and O–H groups in total. The Balaban J connectivity index is 1.91. The average molecular weight is 351 g/mol. The van der Waals surface area contributed by atoms with Crippen LogP contribution in [0.5, 0.6) is 0 Å². The second-order valence-electron chi connectivity index (χ2n) is 5.36. The fourth-order valence-corrected chi connectivity index (χ4v) is 2.92. The third-order valence-electron chi connectivity index (χ3n) is 3.79. The van der Waals surface area contributed by atoms with Gasteiger partial charge in [0.25, 0.3) is 0 Å². The molecule has 1 aromatic heterocycles. The van der Waals surface area contributed by atoms with Crippen molar-refractivity contribution in [2.24, 2.45) is 0 Å². The van der Waals surface area contributed by atoms with E-state index in [-0.39, 0.29) is 11.2 Å². The maximum Gasteiger partial charge on any atom is 0.249 e. The molecule has 0 radical (unpaired) electrons. The smallest absolute Gasteiger partial charge is 0.249 e. The average Bonchev–Trinajstić information content (AvgIpc) is 3.10. The minimum atomic E-state index is -0.558. The number of hydrogen-bond acceptors (Lipinski definition) is 4. The summed E-state index contributed by atoms with van der Waals surface area (Å²) in [5, 5.41) is 3.53. The predicted molar refractivity (Wildman–Crippen MR) is 90.7 cm³/mol. The molecule has 0 spiro atoms. The molecular weight excluding hydrogens is 335 g/mol. The number of nitrogens with zero attached hydrogens (tertiary/aromatic N) is 3. The fraction of sp³-hybridized carbons (Fsp3) is 0.312. The molecule has 1 atom stereocenters. The first-order chi connectivity index (χ1) is 11.1. The van der Waals surface area contributed by atoms with E-state index in [4.69, 9.17) is 23.2 Å². The number of hydrogen-bond donors (Lipinski definition) is 1.